The van der Waals surface area contributed by atoms with Gasteiger partial charge >= 0.3 is 0 Å². The monoisotopic (exact) mass is 427 g/mol. The van der Waals surface area contributed by atoms with Crippen molar-refractivity contribution in [2.45, 2.75) is 16.7 Å². The molecule has 0 saturated carbocycles. The lowest BCUT2D eigenvalue weighted by molar-refractivity contribution is 0.101. The van der Waals surface area contributed by atoms with Crippen LogP contribution in [0.1, 0.15) is 15.9 Å². The van der Waals surface area contributed by atoms with E-state index >= 15 is 0 Å². The Morgan fingerprint density at radius 3 is 2.28 bits per heavy atom. The Kier molecular flexibility index (Phi) is 6.61. The number of ether oxygens (including phenoxy) is 1. The highest BCUT2D eigenvalue weighted by molar-refractivity contribution is 8.00. The molecule has 5 nitrogen and oxygen atoms in total. The van der Waals surface area contributed by atoms with Gasteiger partial charge in [0.25, 0.3) is 10.0 Å². The number of ketones is 1. The lowest BCUT2D eigenvalue weighted by Gasteiger charge is -2.09. The number of aryl methyl sites for hydroxylation is 1. The summed E-state index contributed by atoms with van der Waals surface area (Å²) < 4.78 is 32.7. The molecular formula is C22H21NO4S2. The number of para-hydroxylation sites is 1. The smallest absolute Gasteiger partial charge is 0.261 e. The molecule has 0 saturated heterocycles. The van der Waals surface area contributed by atoms with Crippen molar-refractivity contribution in [2.24, 2.45) is 0 Å². The molecule has 0 radical (unpaired) electrons. The molecule has 0 unspecified atom stereocenters. The van der Waals surface area contributed by atoms with Crippen LogP contribution in [0.25, 0.3) is 0 Å². The molecule has 0 fully saturated rings. The molecule has 0 atom stereocenters. The van der Waals surface area contributed by atoms with Crippen molar-refractivity contribution >= 4 is 33.3 Å². The van der Waals surface area contributed by atoms with Gasteiger partial charge in [-0.2, -0.15) is 0 Å². The summed E-state index contributed by atoms with van der Waals surface area (Å²) in [5.41, 5.74) is 2.00. The minimum absolute atomic E-state index is 0.0309. The number of sulfonamides is 1. The van der Waals surface area contributed by atoms with Gasteiger partial charge in [0.05, 0.1) is 23.3 Å². The molecule has 1 N–H and O–H groups in total. The van der Waals surface area contributed by atoms with Gasteiger partial charge in [0.15, 0.2) is 5.78 Å². The number of anilines is 1. The fraction of sp³-hybridized carbons (Fsp3) is 0.136. The molecule has 7 heteroatoms. The zero-order chi connectivity index (χ0) is 20.9. The van der Waals surface area contributed by atoms with E-state index in [-0.39, 0.29) is 16.4 Å². The van der Waals surface area contributed by atoms with Gasteiger partial charge in [-0.25, -0.2) is 8.42 Å². The lowest BCUT2D eigenvalue weighted by atomic mass is 10.1. The first-order chi connectivity index (χ1) is 13.9. The van der Waals surface area contributed by atoms with Crippen molar-refractivity contribution in [3.05, 3.63) is 83.9 Å². The maximum Gasteiger partial charge on any atom is 0.261 e. The average Bonchev–Trinajstić information content (AvgIpc) is 2.73. The molecule has 0 aliphatic rings. The molecule has 29 heavy (non-hydrogen) atoms. The number of Topliss-reactive ketones (excluding diaryl/α,β-unsaturated/α-hetero) is 1. The second kappa shape index (κ2) is 9.15. The van der Waals surface area contributed by atoms with E-state index in [1.807, 2.05) is 13.0 Å². The summed E-state index contributed by atoms with van der Waals surface area (Å²) in [7, 11) is -2.10. The molecule has 3 rings (SSSR count). The third-order valence-corrected chi connectivity index (χ3v) is 6.62. The first-order valence-electron chi connectivity index (χ1n) is 8.87. The molecule has 150 valence electrons. The predicted octanol–water partition coefficient (Wildman–Crippen LogP) is 4.78. The number of methoxy groups -OCH3 is 1. The van der Waals surface area contributed by atoms with Gasteiger partial charge in [-0.15, -0.1) is 11.8 Å². The molecule has 0 heterocycles. The highest BCUT2D eigenvalue weighted by atomic mass is 32.2. The molecule has 3 aromatic carbocycles. The van der Waals surface area contributed by atoms with Crippen molar-refractivity contribution in [3.8, 4) is 5.75 Å². The van der Waals surface area contributed by atoms with E-state index in [0.29, 0.717) is 17.0 Å². The summed E-state index contributed by atoms with van der Waals surface area (Å²) in [6.07, 6.45) is 0. The van der Waals surface area contributed by atoms with Gasteiger partial charge in [-0.1, -0.05) is 29.8 Å². The van der Waals surface area contributed by atoms with Crippen molar-refractivity contribution < 1.29 is 17.9 Å². The van der Waals surface area contributed by atoms with E-state index < -0.39 is 10.0 Å². The number of hydrogen-bond donors (Lipinski definition) is 1. The summed E-state index contributed by atoms with van der Waals surface area (Å²) in [6, 6.07) is 20.7. The Balaban J connectivity index is 1.63. The first-order valence-corrected chi connectivity index (χ1v) is 11.3. The molecule has 0 amide bonds. The minimum Gasteiger partial charge on any atom is -0.496 e. The Bertz CT molecular complexity index is 1090. The average molecular weight is 428 g/mol. The molecule has 0 aromatic heterocycles. The number of hydrogen-bond acceptors (Lipinski definition) is 5. The van der Waals surface area contributed by atoms with Gasteiger partial charge < -0.3 is 4.74 Å². The highest BCUT2D eigenvalue weighted by Crippen LogP contribution is 2.25. The van der Waals surface area contributed by atoms with E-state index in [2.05, 4.69) is 4.72 Å². The summed E-state index contributed by atoms with van der Waals surface area (Å²) in [6.45, 7) is 1.90. The third-order valence-electron chi connectivity index (χ3n) is 4.22. The summed E-state index contributed by atoms with van der Waals surface area (Å²) in [5, 5.41) is 0. The predicted molar refractivity (Wildman–Crippen MR) is 116 cm³/mol. The second-order valence-corrected chi connectivity index (χ2v) is 9.09. The number of nitrogens with one attached hydrogen (secondary N) is 1. The standard InChI is InChI=1S/C22H21NO4S2/c1-16-7-13-19(14-8-16)29(25,26)23-17-9-11-18(12-10-17)28-15-21(24)20-5-3-4-6-22(20)27-2/h3-14,23H,15H2,1-2H3. The fourth-order valence-electron chi connectivity index (χ4n) is 2.65. The van der Waals surface area contributed by atoms with E-state index in [9.17, 15) is 13.2 Å². The van der Waals surface area contributed by atoms with Crippen molar-refractivity contribution in [3.63, 3.8) is 0 Å². The van der Waals surface area contributed by atoms with E-state index in [1.165, 1.54) is 18.9 Å². The van der Waals surface area contributed by atoms with E-state index in [4.69, 9.17) is 4.74 Å². The normalized spacial score (nSPS) is 11.1. The van der Waals surface area contributed by atoms with E-state index in [1.54, 1.807) is 66.7 Å². The van der Waals surface area contributed by atoms with Crippen molar-refractivity contribution in [1.29, 1.82) is 0 Å². The van der Waals surface area contributed by atoms with Crippen LogP contribution in [0.5, 0.6) is 5.75 Å². The SMILES string of the molecule is COc1ccccc1C(=O)CSc1ccc(NS(=O)(=O)c2ccc(C)cc2)cc1. The summed E-state index contributed by atoms with van der Waals surface area (Å²) >= 11 is 1.38. The molecule has 3 aromatic rings. The van der Waals surface area contributed by atoms with Gasteiger partial charge in [0.1, 0.15) is 5.75 Å². The van der Waals surface area contributed by atoms with Crippen molar-refractivity contribution in [1.82, 2.24) is 0 Å². The Morgan fingerprint density at radius 2 is 1.62 bits per heavy atom. The topological polar surface area (TPSA) is 72.5 Å². The molecule has 0 spiro atoms. The third kappa shape index (κ3) is 5.40. The summed E-state index contributed by atoms with van der Waals surface area (Å²) in [5.74, 6) is 0.782. The quantitative estimate of drug-likeness (QED) is 0.414. The van der Waals surface area contributed by atoms with Crippen LogP contribution in [0.15, 0.2) is 82.6 Å². The van der Waals surface area contributed by atoms with E-state index in [0.717, 1.165) is 10.5 Å². The highest BCUT2D eigenvalue weighted by Gasteiger charge is 2.14. The van der Waals surface area contributed by atoms with Gasteiger partial charge in [-0.05, 0) is 55.5 Å². The maximum atomic E-state index is 12.5. The van der Waals surface area contributed by atoms with Crippen LogP contribution in [0.3, 0.4) is 0 Å². The van der Waals surface area contributed by atoms with Gasteiger partial charge in [0, 0.05) is 10.6 Å². The second-order valence-electron chi connectivity index (χ2n) is 6.36. The van der Waals surface area contributed by atoms with Crippen LogP contribution in [0.4, 0.5) is 5.69 Å². The molecular weight excluding hydrogens is 406 g/mol. The van der Waals surface area contributed by atoms with Crippen LogP contribution in [-0.2, 0) is 10.0 Å². The lowest BCUT2D eigenvalue weighted by Crippen LogP contribution is -2.12. The Labute approximate surface area is 175 Å². The Morgan fingerprint density at radius 1 is 0.966 bits per heavy atom. The van der Waals surface area contributed by atoms with Crippen LogP contribution in [0, 0.1) is 6.92 Å². The van der Waals surface area contributed by atoms with Gasteiger partial charge in [0.2, 0.25) is 0 Å². The number of carbonyl (C=O) groups excluding carboxylic acids is 1. The van der Waals surface area contributed by atoms with Crippen molar-refractivity contribution in [2.75, 3.05) is 17.6 Å². The summed E-state index contributed by atoms with van der Waals surface area (Å²) in [4.78, 5) is 13.5. The Hall–Kier alpha value is -2.77. The zero-order valence-electron chi connectivity index (χ0n) is 16.1. The van der Waals surface area contributed by atoms with Crippen LogP contribution in [-0.4, -0.2) is 27.1 Å². The molecule has 0 aliphatic carbocycles. The van der Waals surface area contributed by atoms with Gasteiger partial charge in [-0.3, -0.25) is 9.52 Å². The van der Waals surface area contributed by atoms with Crippen LogP contribution in [0.2, 0.25) is 0 Å². The minimum atomic E-state index is -3.64. The zero-order valence-corrected chi connectivity index (χ0v) is 17.7. The number of rotatable bonds is 8. The molecule has 0 bridgehead atoms. The van der Waals surface area contributed by atoms with Crippen LogP contribution < -0.4 is 9.46 Å². The maximum absolute atomic E-state index is 12.5. The number of thioether (sulfide) groups is 1. The van der Waals surface area contributed by atoms with Crippen LogP contribution >= 0.6 is 11.8 Å². The largest absolute Gasteiger partial charge is 0.496 e. The molecule has 0 aliphatic heterocycles. The number of carbonyl (C=O) groups is 1. The number of benzene rings is 3. The first kappa shape index (κ1) is 21.0. The fourth-order valence-corrected chi connectivity index (χ4v) is 4.49.